The van der Waals surface area contributed by atoms with Gasteiger partial charge in [0.05, 0.1) is 38.0 Å². The second-order valence-electron chi connectivity index (χ2n) is 11.3. The molecule has 3 aliphatic heterocycles. The first-order valence-corrected chi connectivity index (χ1v) is 15.1. The number of nitrogens with one attached hydrogen (secondary N) is 1. The van der Waals surface area contributed by atoms with Crippen LogP contribution in [0.3, 0.4) is 0 Å². The van der Waals surface area contributed by atoms with E-state index in [0.29, 0.717) is 32.2 Å². The van der Waals surface area contributed by atoms with Gasteiger partial charge in [-0.2, -0.15) is 0 Å². The molecule has 0 aromatic heterocycles. The van der Waals surface area contributed by atoms with Crippen molar-refractivity contribution in [1.82, 2.24) is 10.2 Å². The standard InChI is InChI=1S/C34H41N3O5/c1-39-18-5-16-36-17-19-40-32-13-8-25(20-31(32)36)24-41-33-21-35-15-14-30(33)26-9-11-28(12-10-26)42-29-22-37(23-29)34(38)27-6-3-2-4-7-27/h2-4,6-13,20,29-30,33,35H,5,14-19,21-24H2,1H3/t30-,33+/m1/s1. The summed E-state index contributed by atoms with van der Waals surface area (Å²) in [6, 6.07) is 24.3. The minimum atomic E-state index is 0.0244. The Morgan fingerprint density at radius 1 is 1.05 bits per heavy atom. The third kappa shape index (κ3) is 6.72. The van der Waals surface area contributed by atoms with Crippen molar-refractivity contribution in [3.8, 4) is 11.5 Å². The minimum absolute atomic E-state index is 0.0244. The molecule has 42 heavy (non-hydrogen) atoms. The molecule has 222 valence electrons. The largest absolute Gasteiger partial charge is 0.490 e. The Hall–Kier alpha value is -3.59. The van der Waals surface area contributed by atoms with E-state index in [0.717, 1.165) is 73.9 Å². The van der Waals surface area contributed by atoms with Gasteiger partial charge in [-0.15, -0.1) is 0 Å². The molecule has 0 aliphatic carbocycles. The van der Waals surface area contributed by atoms with Crippen LogP contribution in [0.5, 0.6) is 11.5 Å². The fourth-order valence-corrected chi connectivity index (χ4v) is 6.06. The summed E-state index contributed by atoms with van der Waals surface area (Å²) in [4.78, 5) is 16.8. The lowest BCUT2D eigenvalue weighted by Gasteiger charge is -2.39. The van der Waals surface area contributed by atoms with Crippen LogP contribution in [-0.4, -0.2) is 82.6 Å². The lowest BCUT2D eigenvalue weighted by atomic mass is 9.87. The molecule has 8 nitrogen and oxygen atoms in total. The van der Waals surface area contributed by atoms with Crippen LogP contribution in [0.2, 0.25) is 0 Å². The van der Waals surface area contributed by atoms with Gasteiger partial charge in [0.2, 0.25) is 0 Å². The zero-order valence-electron chi connectivity index (χ0n) is 24.4. The van der Waals surface area contributed by atoms with E-state index in [-0.39, 0.29) is 18.1 Å². The van der Waals surface area contributed by atoms with Crippen LogP contribution in [0.1, 0.15) is 40.2 Å². The molecule has 3 aromatic rings. The third-order valence-electron chi connectivity index (χ3n) is 8.42. The fraction of sp³-hybridized carbons (Fsp3) is 0.441. The Balaban J connectivity index is 1.02. The van der Waals surface area contributed by atoms with Gasteiger partial charge in [-0.05, 0) is 66.9 Å². The number of carbonyl (C=O) groups is 1. The van der Waals surface area contributed by atoms with Crippen molar-refractivity contribution >= 4 is 11.6 Å². The molecule has 2 fully saturated rings. The maximum atomic E-state index is 12.6. The SMILES string of the molecule is COCCCN1CCOc2ccc(CO[C@H]3CNCC[C@@H]3c3ccc(OC4CN(C(=O)c5ccccc5)C4)cc3)cc21. The van der Waals surface area contributed by atoms with Gasteiger partial charge in [-0.1, -0.05) is 36.4 Å². The highest BCUT2D eigenvalue weighted by Crippen LogP contribution is 2.34. The maximum Gasteiger partial charge on any atom is 0.254 e. The van der Waals surface area contributed by atoms with E-state index in [4.69, 9.17) is 18.9 Å². The van der Waals surface area contributed by atoms with E-state index in [2.05, 4.69) is 52.7 Å². The van der Waals surface area contributed by atoms with Crippen molar-refractivity contribution in [1.29, 1.82) is 0 Å². The first-order chi connectivity index (χ1) is 20.7. The summed E-state index contributed by atoms with van der Waals surface area (Å²) in [5, 5.41) is 3.51. The molecule has 1 N–H and O–H groups in total. The summed E-state index contributed by atoms with van der Waals surface area (Å²) in [6.45, 7) is 6.89. The number of amides is 1. The summed E-state index contributed by atoms with van der Waals surface area (Å²) in [7, 11) is 1.75. The Labute approximate surface area is 248 Å². The van der Waals surface area contributed by atoms with Crippen LogP contribution < -0.4 is 19.7 Å². The highest BCUT2D eigenvalue weighted by atomic mass is 16.5. The monoisotopic (exact) mass is 571 g/mol. The quantitative estimate of drug-likeness (QED) is 0.340. The number of nitrogens with zero attached hydrogens (tertiary/aromatic N) is 2. The van der Waals surface area contributed by atoms with Crippen molar-refractivity contribution in [3.63, 3.8) is 0 Å². The van der Waals surface area contributed by atoms with Gasteiger partial charge in [0, 0.05) is 38.3 Å². The molecule has 2 saturated heterocycles. The predicted molar refractivity (Wildman–Crippen MR) is 163 cm³/mol. The first-order valence-electron chi connectivity index (χ1n) is 15.1. The van der Waals surface area contributed by atoms with E-state index in [1.807, 2.05) is 35.2 Å². The molecular weight excluding hydrogens is 530 g/mol. The number of anilines is 1. The van der Waals surface area contributed by atoms with Crippen LogP contribution in [0.15, 0.2) is 72.8 Å². The molecule has 0 unspecified atom stereocenters. The van der Waals surface area contributed by atoms with E-state index in [9.17, 15) is 4.79 Å². The average molecular weight is 572 g/mol. The summed E-state index contributed by atoms with van der Waals surface area (Å²) < 4.78 is 23.9. The van der Waals surface area contributed by atoms with Crippen molar-refractivity contribution in [2.24, 2.45) is 0 Å². The van der Waals surface area contributed by atoms with Gasteiger partial charge in [0.15, 0.2) is 0 Å². The molecule has 3 aliphatic rings. The molecule has 6 rings (SSSR count). The van der Waals surface area contributed by atoms with Crippen LogP contribution in [0, 0.1) is 0 Å². The number of hydrogen-bond acceptors (Lipinski definition) is 7. The van der Waals surface area contributed by atoms with Gasteiger partial charge < -0.3 is 34.1 Å². The van der Waals surface area contributed by atoms with E-state index in [1.165, 1.54) is 5.56 Å². The summed E-state index contributed by atoms with van der Waals surface area (Å²) >= 11 is 0. The second-order valence-corrected chi connectivity index (χ2v) is 11.3. The summed E-state index contributed by atoms with van der Waals surface area (Å²) in [5.74, 6) is 2.16. The molecule has 3 aromatic carbocycles. The Morgan fingerprint density at radius 2 is 1.88 bits per heavy atom. The zero-order valence-corrected chi connectivity index (χ0v) is 24.4. The molecule has 2 atom stereocenters. The topological polar surface area (TPSA) is 72.5 Å². The summed E-state index contributed by atoms with van der Waals surface area (Å²) in [6.07, 6.45) is 2.12. The molecule has 3 heterocycles. The molecule has 0 saturated carbocycles. The number of methoxy groups -OCH3 is 1. The number of hydrogen-bond donors (Lipinski definition) is 1. The smallest absolute Gasteiger partial charge is 0.254 e. The van der Waals surface area contributed by atoms with Crippen molar-refractivity contribution in [2.75, 3.05) is 64.5 Å². The number of carbonyl (C=O) groups excluding carboxylic acids is 1. The van der Waals surface area contributed by atoms with Crippen molar-refractivity contribution in [3.05, 3.63) is 89.5 Å². The Kier molecular flexibility index (Phi) is 9.23. The average Bonchev–Trinajstić information content (AvgIpc) is 3.02. The highest BCUT2D eigenvalue weighted by Gasteiger charge is 2.33. The van der Waals surface area contributed by atoms with E-state index >= 15 is 0 Å². The van der Waals surface area contributed by atoms with Crippen LogP contribution in [0.4, 0.5) is 5.69 Å². The number of benzene rings is 3. The number of fused-ring (bicyclic) bond motifs is 1. The van der Waals surface area contributed by atoms with E-state index < -0.39 is 0 Å². The minimum Gasteiger partial charge on any atom is -0.490 e. The van der Waals surface area contributed by atoms with E-state index in [1.54, 1.807) is 7.11 Å². The third-order valence-corrected chi connectivity index (χ3v) is 8.42. The first kappa shape index (κ1) is 28.5. The maximum absolute atomic E-state index is 12.6. The normalized spacial score (nSPS) is 20.4. The lowest BCUT2D eigenvalue weighted by Crippen LogP contribution is -2.56. The highest BCUT2D eigenvalue weighted by molar-refractivity contribution is 5.94. The molecule has 1 amide bonds. The molecule has 0 radical (unpaired) electrons. The second kappa shape index (κ2) is 13.6. The van der Waals surface area contributed by atoms with Gasteiger partial charge in [0.25, 0.3) is 5.91 Å². The van der Waals surface area contributed by atoms with Crippen LogP contribution >= 0.6 is 0 Å². The molecular formula is C34H41N3O5. The summed E-state index contributed by atoms with van der Waals surface area (Å²) in [5.41, 5.74) is 4.29. The molecule has 8 heteroatoms. The van der Waals surface area contributed by atoms with Crippen molar-refractivity contribution < 1.29 is 23.7 Å². The Bertz CT molecular complexity index is 1310. The van der Waals surface area contributed by atoms with Gasteiger partial charge in [0.1, 0.15) is 24.2 Å². The molecule has 0 bridgehead atoms. The van der Waals surface area contributed by atoms with Crippen molar-refractivity contribution in [2.45, 2.75) is 37.6 Å². The van der Waals surface area contributed by atoms with Crippen LogP contribution in [0.25, 0.3) is 0 Å². The zero-order chi connectivity index (χ0) is 28.7. The fourth-order valence-electron chi connectivity index (χ4n) is 6.06. The van der Waals surface area contributed by atoms with Gasteiger partial charge in [-0.3, -0.25) is 4.79 Å². The lowest BCUT2D eigenvalue weighted by molar-refractivity contribution is 0.0105. The Morgan fingerprint density at radius 3 is 2.69 bits per heavy atom. The molecule has 0 spiro atoms. The van der Waals surface area contributed by atoms with Crippen LogP contribution in [-0.2, 0) is 16.1 Å². The number of likely N-dealkylation sites (tertiary alicyclic amines) is 1. The van der Waals surface area contributed by atoms with Gasteiger partial charge >= 0.3 is 0 Å². The van der Waals surface area contributed by atoms with Gasteiger partial charge in [-0.25, -0.2) is 0 Å². The number of piperidine rings is 1. The number of rotatable bonds is 11. The predicted octanol–water partition coefficient (Wildman–Crippen LogP) is 4.49. The number of ether oxygens (including phenoxy) is 4.